The highest BCUT2D eigenvalue weighted by molar-refractivity contribution is 5.80. The molecule has 1 aliphatic rings. The zero-order valence-corrected chi connectivity index (χ0v) is 46.9. The third-order valence-corrected chi connectivity index (χ3v) is 14.6. The first-order valence-corrected chi connectivity index (χ1v) is 30.5. The van der Waals surface area contributed by atoms with E-state index in [1.807, 2.05) is 0 Å². The van der Waals surface area contributed by atoms with E-state index in [9.17, 15) is 40.5 Å². The molecule has 0 aromatic heterocycles. The van der Waals surface area contributed by atoms with Crippen LogP contribution in [0.15, 0.2) is 48.6 Å². The Bertz CT molecular complexity index is 1320. The van der Waals surface area contributed by atoms with Crippen molar-refractivity contribution in [3.05, 3.63) is 48.6 Å². The Labute approximate surface area is 447 Å². The fraction of sp³-hybridized carbons (Fsp3) is 0.855. The van der Waals surface area contributed by atoms with Gasteiger partial charge in [0.1, 0.15) is 36.6 Å². The van der Waals surface area contributed by atoms with Crippen LogP contribution in [0.5, 0.6) is 0 Å². The lowest BCUT2D eigenvalue weighted by Crippen LogP contribution is -2.60. The molecule has 0 aliphatic carbocycles. The number of aliphatic hydroxyl groups excluding tert-OH is 7. The Balaban J connectivity index is 2.34. The van der Waals surface area contributed by atoms with Crippen molar-refractivity contribution < 1.29 is 50.0 Å². The van der Waals surface area contributed by atoms with Crippen LogP contribution in [-0.2, 0) is 14.3 Å². The Morgan fingerprint density at radius 3 is 1.22 bits per heavy atom. The van der Waals surface area contributed by atoms with E-state index in [2.05, 4.69) is 67.8 Å². The van der Waals surface area contributed by atoms with E-state index in [-0.39, 0.29) is 12.8 Å². The van der Waals surface area contributed by atoms with E-state index >= 15 is 0 Å². The third kappa shape index (κ3) is 39.1. The number of rotatable bonds is 52. The largest absolute Gasteiger partial charge is 0.394 e. The number of allylic oxidation sites excluding steroid dienone is 8. The van der Waals surface area contributed by atoms with Gasteiger partial charge in [0.2, 0.25) is 5.91 Å². The molecule has 9 atom stereocenters. The van der Waals surface area contributed by atoms with Crippen LogP contribution in [-0.4, -0.2) is 110 Å². The van der Waals surface area contributed by atoms with Crippen molar-refractivity contribution in [1.82, 2.24) is 5.32 Å². The van der Waals surface area contributed by atoms with Crippen LogP contribution in [0.25, 0.3) is 0 Å². The number of carbonyl (C=O) groups excluding carboxylic acids is 1. The fourth-order valence-electron chi connectivity index (χ4n) is 9.59. The monoisotopic (exact) mass is 1030 g/mol. The van der Waals surface area contributed by atoms with Crippen LogP contribution in [0, 0.1) is 0 Å². The van der Waals surface area contributed by atoms with Crippen molar-refractivity contribution in [3.8, 4) is 0 Å². The van der Waals surface area contributed by atoms with Gasteiger partial charge in [0.25, 0.3) is 0 Å². The van der Waals surface area contributed by atoms with Crippen molar-refractivity contribution in [2.75, 3.05) is 13.2 Å². The molecule has 11 heteroatoms. The molecule has 0 bridgehead atoms. The molecule has 0 radical (unpaired) electrons. The van der Waals surface area contributed by atoms with Crippen LogP contribution >= 0.6 is 0 Å². The molecule has 1 fully saturated rings. The second-order valence-corrected chi connectivity index (χ2v) is 21.4. The predicted octanol–water partition coefficient (Wildman–Crippen LogP) is 13.2. The summed E-state index contributed by atoms with van der Waals surface area (Å²) >= 11 is 0. The summed E-state index contributed by atoms with van der Waals surface area (Å²) in [4.78, 5) is 13.2. The van der Waals surface area contributed by atoms with Crippen molar-refractivity contribution in [2.24, 2.45) is 0 Å². The summed E-state index contributed by atoms with van der Waals surface area (Å²) in [6, 6.07) is -1.20. The lowest BCUT2D eigenvalue weighted by atomic mass is 9.98. The Morgan fingerprint density at radius 2 is 0.822 bits per heavy atom. The van der Waals surface area contributed by atoms with Crippen molar-refractivity contribution >= 4 is 5.91 Å². The fourth-order valence-corrected chi connectivity index (χ4v) is 9.59. The summed E-state index contributed by atoms with van der Waals surface area (Å²) in [7, 11) is 0. The van der Waals surface area contributed by atoms with E-state index in [4.69, 9.17) is 9.47 Å². The molecular weight excluding hydrogens is 919 g/mol. The van der Waals surface area contributed by atoms with Crippen molar-refractivity contribution in [1.29, 1.82) is 0 Å². The van der Waals surface area contributed by atoms with E-state index in [0.717, 1.165) is 64.2 Å². The minimum Gasteiger partial charge on any atom is -0.394 e. The highest BCUT2D eigenvalue weighted by atomic mass is 16.7. The van der Waals surface area contributed by atoms with Crippen LogP contribution in [0.3, 0.4) is 0 Å². The lowest BCUT2D eigenvalue weighted by Gasteiger charge is -2.40. The van der Waals surface area contributed by atoms with Crippen molar-refractivity contribution in [2.45, 2.75) is 326 Å². The Morgan fingerprint density at radius 1 is 0.466 bits per heavy atom. The maximum atomic E-state index is 13.2. The smallest absolute Gasteiger partial charge is 0.249 e. The van der Waals surface area contributed by atoms with Gasteiger partial charge in [-0.15, -0.1) is 0 Å². The minimum atomic E-state index is -1.68. The van der Waals surface area contributed by atoms with Gasteiger partial charge in [0.05, 0.1) is 25.4 Å². The van der Waals surface area contributed by atoms with Gasteiger partial charge in [-0.05, 0) is 89.9 Å². The molecule has 428 valence electrons. The summed E-state index contributed by atoms with van der Waals surface area (Å²) in [6.07, 6.45) is 53.1. The maximum Gasteiger partial charge on any atom is 0.249 e. The van der Waals surface area contributed by atoms with Gasteiger partial charge in [-0.25, -0.2) is 0 Å². The predicted molar refractivity (Wildman–Crippen MR) is 302 cm³/mol. The zero-order chi connectivity index (χ0) is 53.3. The molecule has 1 amide bonds. The summed E-state index contributed by atoms with van der Waals surface area (Å²) in [5.74, 6) is -0.716. The van der Waals surface area contributed by atoms with E-state index in [1.165, 1.54) is 161 Å². The second kappa shape index (κ2) is 50.9. The molecule has 0 saturated carbocycles. The lowest BCUT2D eigenvalue weighted by molar-refractivity contribution is -0.303. The number of nitrogens with one attached hydrogen (secondary N) is 1. The van der Waals surface area contributed by atoms with E-state index in [1.54, 1.807) is 0 Å². The molecule has 0 spiro atoms. The molecule has 1 rings (SSSR count). The number of ether oxygens (including phenoxy) is 2. The van der Waals surface area contributed by atoms with Crippen molar-refractivity contribution in [3.63, 3.8) is 0 Å². The standard InChI is InChI=1S/C62H115NO10/c1-3-5-7-9-11-13-15-17-19-21-23-25-27-28-30-31-33-35-37-39-41-43-45-47-49-54(65)57(67)53(52-72-62-60(70)59(69)58(68)56(51-64)73-62)63-61(71)55(66)50-48-46-44-42-40-38-36-34-32-29-26-24-22-20-18-16-14-12-10-8-6-4-2/h27-28,32-35,41,43,53-60,62,64-70H,3-26,29-31,36-40,42,44-52H2,1-2H3,(H,63,71)/b28-27+,34-32-,35-33+,43-41+. The van der Waals surface area contributed by atoms with Crippen LogP contribution in [0.4, 0.5) is 0 Å². The van der Waals surface area contributed by atoms with E-state index < -0.39 is 74.2 Å². The van der Waals surface area contributed by atoms with Gasteiger partial charge in [0.15, 0.2) is 6.29 Å². The Kier molecular flexibility index (Phi) is 48.1. The molecule has 1 aliphatic heterocycles. The minimum absolute atomic E-state index is 0.239. The average Bonchev–Trinajstić information content (AvgIpc) is 3.39. The number of unbranched alkanes of at least 4 members (excludes halogenated alkanes) is 32. The van der Waals surface area contributed by atoms with Gasteiger partial charge < -0.3 is 50.5 Å². The number of amides is 1. The molecule has 1 saturated heterocycles. The second-order valence-electron chi connectivity index (χ2n) is 21.4. The maximum absolute atomic E-state index is 13.2. The summed E-state index contributed by atoms with van der Waals surface area (Å²) < 4.78 is 11.1. The molecule has 11 nitrogen and oxygen atoms in total. The molecule has 0 aromatic carbocycles. The van der Waals surface area contributed by atoms with Gasteiger partial charge in [-0.2, -0.15) is 0 Å². The molecule has 9 unspecified atom stereocenters. The normalized spacial score (nSPS) is 20.3. The highest BCUT2D eigenvalue weighted by Gasteiger charge is 2.44. The first-order valence-electron chi connectivity index (χ1n) is 30.5. The summed E-state index contributed by atoms with van der Waals surface area (Å²) in [6.45, 7) is 3.46. The third-order valence-electron chi connectivity index (χ3n) is 14.6. The average molecular weight is 1030 g/mol. The van der Waals surface area contributed by atoms with Crippen LogP contribution in [0.2, 0.25) is 0 Å². The first kappa shape index (κ1) is 69.1. The number of hydrogen-bond donors (Lipinski definition) is 8. The van der Waals surface area contributed by atoms with Crippen LogP contribution in [0.1, 0.15) is 271 Å². The van der Waals surface area contributed by atoms with Gasteiger partial charge in [-0.1, -0.05) is 229 Å². The molecular formula is C62H115NO10. The highest BCUT2D eigenvalue weighted by Crippen LogP contribution is 2.23. The molecule has 1 heterocycles. The summed E-state index contributed by atoms with van der Waals surface area (Å²) in [5, 5.41) is 76.2. The quantitative estimate of drug-likeness (QED) is 0.0215. The SMILES string of the molecule is CCCCCCCCCCCCC/C=C/CC/C=C/CC/C=C/CCCC(O)C(O)C(COC1OC(CO)C(O)C(O)C1O)NC(=O)C(O)CCCCCCCC/C=C\CCCCCCCCCCCCCC. The molecule has 8 N–H and O–H groups in total. The summed E-state index contributed by atoms with van der Waals surface area (Å²) in [5.41, 5.74) is 0. The Hall–Kier alpha value is -1.93. The first-order chi connectivity index (χ1) is 35.7. The number of carbonyl (C=O) groups is 1. The zero-order valence-electron chi connectivity index (χ0n) is 46.9. The molecule has 0 aromatic rings. The van der Waals surface area contributed by atoms with E-state index in [0.29, 0.717) is 19.3 Å². The van der Waals surface area contributed by atoms with Crippen LogP contribution < -0.4 is 5.32 Å². The number of aliphatic hydroxyl groups is 7. The number of hydrogen-bond acceptors (Lipinski definition) is 10. The van der Waals surface area contributed by atoms with Gasteiger partial charge in [0, 0.05) is 0 Å². The molecule has 73 heavy (non-hydrogen) atoms. The van der Waals surface area contributed by atoms with Gasteiger partial charge >= 0.3 is 0 Å². The topological polar surface area (TPSA) is 189 Å². The van der Waals surface area contributed by atoms with Gasteiger partial charge in [-0.3, -0.25) is 4.79 Å².